The van der Waals surface area contributed by atoms with Gasteiger partial charge in [-0.2, -0.15) is 0 Å². The average molecular weight is 328 g/mol. The summed E-state index contributed by atoms with van der Waals surface area (Å²) in [5.74, 6) is 1.29. The van der Waals surface area contributed by atoms with Crippen molar-refractivity contribution in [3.63, 3.8) is 0 Å². The van der Waals surface area contributed by atoms with Crippen LogP contribution in [0.1, 0.15) is 11.1 Å². The lowest BCUT2D eigenvalue weighted by atomic mass is 10.2. The van der Waals surface area contributed by atoms with Crippen molar-refractivity contribution in [3.05, 3.63) is 57.0 Å². The molecule has 0 aromatic heterocycles. The number of ether oxygens (including phenoxy) is 1. The van der Waals surface area contributed by atoms with Gasteiger partial charge in [-0.1, -0.05) is 33.6 Å². The fourth-order valence-corrected chi connectivity index (χ4v) is 1.97. The van der Waals surface area contributed by atoms with E-state index in [0.717, 1.165) is 10.0 Å². The van der Waals surface area contributed by atoms with Crippen LogP contribution in [0.3, 0.4) is 0 Å². The summed E-state index contributed by atoms with van der Waals surface area (Å²) in [6, 6.07) is 10.9. The van der Waals surface area contributed by atoms with Crippen molar-refractivity contribution < 1.29 is 9.84 Å². The lowest BCUT2D eigenvalue weighted by Gasteiger charge is -2.11. The van der Waals surface area contributed by atoms with Crippen molar-refractivity contribution in [2.75, 3.05) is 0 Å². The summed E-state index contributed by atoms with van der Waals surface area (Å²) in [6.45, 7) is 1.91. The quantitative estimate of drug-likeness (QED) is 0.885. The first-order valence-electron chi connectivity index (χ1n) is 5.43. The SMILES string of the molecule is Cc1cc(Oc2cc(Cl)ccc2CO)ccc1Br. The van der Waals surface area contributed by atoms with Crippen LogP contribution in [0.15, 0.2) is 40.9 Å². The third-order valence-corrected chi connectivity index (χ3v) is 3.68. The van der Waals surface area contributed by atoms with Gasteiger partial charge in [0.1, 0.15) is 11.5 Å². The van der Waals surface area contributed by atoms with Gasteiger partial charge in [0.05, 0.1) is 6.61 Å². The molecule has 0 spiro atoms. The zero-order valence-electron chi connectivity index (χ0n) is 9.78. The second-order valence-corrected chi connectivity index (χ2v) is 5.21. The molecule has 0 atom stereocenters. The second kappa shape index (κ2) is 5.74. The van der Waals surface area contributed by atoms with Crippen LogP contribution in [0.2, 0.25) is 5.02 Å². The first kappa shape index (κ1) is 13.4. The molecule has 2 rings (SSSR count). The third-order valence-electron chi connectivity index (χ3n) is 2.56. The van der Waals surface area contributed by atoms with Gasteiger partial charge in [0, 0.05) is 15.1 Å². The largest absolute Gasteiger partial charge is 0.457 e. The summed E-state index contributed by atoms with van der Waals surface area (Å²) in [6.07, 6.45) is 0. The van der Waals surface area contributed by atoms with Crippen LogP contribution in [-0.4, -0.2) is 5.11 Å². The van der Waals surface area contributed by atoms with Gasteiger partial charge >= 0.3 is 0 Å². The fraction of sp³-hybridized carbons (Fsp3) is 0.143. The van der Waals surface area contributed by atoms with Gasteiger partial charge in [-0.3, -0.25) is 0 Å². The smallest absolute Gasteiger partial charge is 0.134 e. The molecule has 0 bridgehead atoms. The van der Waals surface area contributed by atoms with Crippen molar-refractivity contribution in [3.8, 4) is 11.5 Å². The van der Waals surface area contributed by atoms with Gasteiger partial charge in [0.15, 0.2) is 0 Å². The molecule has 0 fully saturated rings. The molecule has 0 saturated heterocycles. The Morgan fingerprint density at radius 1 is 1.22 bits per heavy atom. The normalized spacial score (nSPS) is 10.4. The highest BCUT2D eigenvalue weighted by Gasteiger charge is 2.06. The molecule has 2 aromatic carbocycles. The fourth-order valence-electron chi connectivity index (χ4n) is 1.56. The van der Waals surface area contributed by atoms with E-state index >= 15 is 0 Å². The molecule has 2 nitrogen and oxygen atoms in total. The lowest BCUT2D eigenvalue weighted by Crippen LogP contribution is -1.92. The number of hydrogen-bond donors (Lipinski definition) is 1. The Morgan fingerprint density at radius 3 is 2.67 bits per heavy atom. The van der Waals surface area contributed by atoms with E-state index in [-0.39, 0.29) is 6.61 Å². The highest BCUT2D eigenvalue weighted by molar-refractivity contribution is 9.10. The minimum Gasteiger partial charge on any atom is -0.457 e. The topological polar surface area (TPSA) is 29.5 Å². The third kappa shape index (κ3) is 3.05. The maximum atomic E-state index is 9.26. The highest BCUT2D eigenvalue weighted by Crippen LogP contribution is 2.30. The molecule has 2 aromatic rings. The number of benzene rings is 2. The predicted octanol–water partition coefficient (Wildman–Crippen LogP) is 4.70. The Kier molecular flexibility index (Phi) is 4.27. The van der Waals surface area contributed by atoms with E-state index in [2.05, 4.69) is 15.9 Å². The molecule has 0 amide bonds. The van der Waals surface area contributed by atoms with E-state index in [0.29, 0.717) is 22.1 Å². The molecular formula is C14H12BrClO2. The van der Waals surface area contributed by atoms with Gasteiger partial charge in [0.2, 0.25) is 0 Å². The van der Waals surface area contributed by atoms with Crippen molar-refractivity contribution in [2.45, 2.75) is 13.5 Å². The molecule has 0 radical (unpaired) electrons. The standard InChI is InChI=1S/C14H12BrClO2/c1-9-6-12(4-5-13(9)15)18-14-7-11(16)3-2-10(14)8-17/h2-7,17H,8H2,1H3. The minimum absolute atomic E-state index is 0.0813. The van der Waals surface area contributed by atoms with E-state index in [1.807, 2.05) is 25.1 Å². The van der Waals surface area contributed by atoms with Crippen molar-refractivity contribution in [1.29, 1.82) is 0 Å². The summed E-state index contributed by atoms with van der Waals surface area (Å²) in [5.41, 5.74) is 1.79. The summed E-state index contributed by atoms with van der Waals surface area (Å²) < 4.78 is 6.78. The summed E-state index contributed by atoms with van der Waals surface area (Å²) >= 11 is 9.37. The van der Waals surface area contributed by atoms with Crippen LogP contribution in [0, 0.1) is 6.92 Å². The second-order valence-electron chi connectivity index (χ2n) is 3.92. The summed E-state index contributed by atoms with van der Waals surface area (Å²) in [4.78, 5) is 0. The Labute approximate surface area is 119 Å². The first-order chi connectivity index (χ1) is 8.60. The Balaban J connectivity index is 2.33. The van der Waals surface area contributed by atoms with Crippen LogP contribution in [-0.2, 0) is 6.61 Å². The Morgan fingerprint density at radius 2 is 2.00 bits per heavy atom. The molecule has 0 aliphatic heterocycles. The van der Waals surface area contributed by atoms with Crippen molar-refractivity contribution in [2.24, 2.45) is 0 Å². The number of hydrogen-bond acceptors (Lipinski definition) is 2. The van der Waals surface area contributed by atoms with Crippen LogP contribution in [0.4, 0.5) is 0 Å². The zero-order chi connectivity index (χ0) is 13.1. The molecule has 0 aliphatic rings. The molecule has 0 aliphatic carbocycles. The van der Waals surface area contributed by atoms with Crippen LogP contribution < -0.4 is 4.74 Å². The summed E-state index contributed by atoms with van der Waals surface area (Å²) in [7, 11) is 0. The van der Waals surface area contributed by atoms with Crippen molar-refractivity contribution in [1.82, 2.24) is 0 Å². The van der Waals surface area contributed by atoms with E-state index < -0.39 is 0 Å². The number of halogens is 2. The molecule has 0 heterocycles. The number of aliphatic hydroxyl groups excluding tert-OH is 1. The van der Waals surface area contributed by atoms with Crippen LogP contribution in [0.25, 0.3) is 0 Å². The van der Waals surface area contributed by atoms with Gasteiger partial charge in [-0.15, -0.1) is 0 Å². The monoisotopic (exact) mass is 326 g/mol. The molecular weight excluding hydrogens is 316 g/mol. The van der Waals surface area contributed by atoms with E-state index in [1.54, 1.807) is 18.2 Å². The van der Waals surface area contributed by atoms with Gasteiger partial charge in [-0.05, 0) is 42.8 Å². The maximum Gasteiger partial charge on any atom is 0.134 e. The number of aryl methyl sites for hydroxylation is 1. The number of rotatable bonds is 3. The Bertz CT molecular complexity index is 570. The minimum atomic E-state index is -0.0813. The van der Waals surface area contributed by atoms with Gasteiger partial charge in [-0.25, -0.2) is 0 Å². The van der Waals surface area contributed by atoms with E-state index in [9.17, 15) is 5.11 Å². The van der Waals surface area contributed by atoms with Gasteiger partial charge < -0.3 is 9.84 Å². The molecule has 0 unspecified atom stereocenters. The van der Waals surface area contributed by atoms with E-state index in [1.165, 1.54) is 0 Å². The predicted molar refractivity (Wildman–Crippen MR) is 76.3 cm³/mol. The molecule has 18 heavy (non-hydrogen) atoms. The van der Waals surface area contributed by atoms with E-state index in [4.69, 9.17) is 16.3 Å². The number of aliphatic hydroxyl groups is 1. The molecule has 0 saturated carbocycles. The summed E-state index contributed by atoms with van der Waals surface area (Å²) in [5, 5.41) is 9.84. The van der Waals surface area contributed by atoms with Crippen LogP contribution >= 0.6 is 27.5 Å². The Hall–Kier alpha value is -1.03. The molecule has 1 N–H and O–H groups in total. The molecule has 94 valence electrons. The average Bonchev–Trinajstić information content (AvgIpc) is 2.34. The highest BCUT2D eigenvalue weighted by atomic mass is 79.9. The maximum absolute atomic E-state index is 9.26. The van der Waals surface area contributed by atoms with Gasteiger partial charge in [0.25, 0.3) is 0 Å². The zero-order valence-corrected chi connectivity index (χ0v) is 12.1. The van der Waals surface area contributed by atoms with Crippen molar-refractivity contribution >= 4 is 27.5 Å². The first-order valence-corrected chi connectivity index (χ1v) is 6.60. The molecule has 4 heteroatoms. The van der Waals surface area contributed by atoms with Crippen LogP contribution in [0.5, 0.6) is 11.5 Å². The lowest BCUT2D eigenvalue weighted by molar-refractivity contribution is 0.276.